The van der Waals surface area contributed by atoms with E-state index in [9.17, 15) is 8.42 Å². The van der Waals surface area contributed by atoms with Crippen molar-refractivity contribution in [2.45, 2.75) is 38.3 Å². The van der Waals surface area contributed by atoms with Gasteiger partial charge in [0.25, 0.3) is 0 Å². The van der Waals surface area contributed by atoms with E-state index in [1.165, 1.54) is 0 Å². The molecule has 2 aromatic rings. The predicted molar refractivity (Wildman–Crippen MR) is 120 cm³/mol. The summed E-state index contributed by atoms with van der Waals surface area (Å²) in [4.78, 5) is 0. The highest BCUT2D eigenvalue weighted by Crippen LogP contribution is 2.33. The molecular formula is C20H22Cl3N3O2S. The molecule has 5 nitrogen and oxygen atoms in total. The second-order valence-corrected chi connectivity index (χ2v) is 10.1. The summed E-state index contributed by atoms with van der Waals surface area (Å²) in [5, 5.41) is 5.96. The van der Waals surface area contributed by atoms with Crippen LogP contribution in [0.25, 0.3) is 0 Å². The lowest BCUT2D eigenvalue weighted by Gasteiger charge is -2.21. The first-order valence-electron chi connectivity index (χ1n) is 9.31. The van der Waals surface area contributed by atoms with Crippen molar-refractivity contribution >= 4 is 50.5 Å². The van der Waals surface area contributed by atoms with E-state index in [4.69, 9.17) is 34.8 Å². The van der Waals surface area contributed by atoms with E-state index in [-0.39, 0.29) is 11.8 Å². The van der Waals surface area contributed by atoms with Gasteiger partial charge in [-0.05, 0) is 41.8 Å². The van der Waals surface area contributed by atoms with E-state index < -0.39 is 16.1 Å². The summed E-state index contributed by atoms with van der Waals surface area (Å²) in [5.41, 5.74) is 5.39. The van der Waals surface area contributed by atoms with E-state index in [2.05, 4.69) is 15.2 Å². The number of unbranched alkanes of at least 4 members (excludes halogenated alkanes) is 1. The van der Waals surface area contributed by atoms with Crippen molar-refractivity contribution in [1.82, 2.24) is 10.1 Å². The molecular weight excluding hydrogens is 453 g/mol. The number of nitrogens with zero attached hydrogens (tertiary/aromatic N) is 1. The van der Waals surface area contributed by atoms with Gasteiger partial charge < -0.3 is 5.43 Å². The minimum Gasteiger partial charge on any atom is -0.302 e. The standard InChI is InChI=1S/C20H22Cl3N3O2S/c1-2-3-10-29(27,28)26-20(16-9-8-15(22)11-17(16)23)19-12-18(24-25-19)13-4-6-14(21)7-5-13/h4-9,11,18,20,24,26H,2-3,10,12H2,1H3. The lowest BCUT2D eigenvalue weighted by Crippen LogP contribution is -2.35. The fourth-order valence-electron chi connectivity index (χ4n) is 3.15. The zero-order valence-electron chi connectivity index (χ0n) is 15.8. The highest BCUT2D eigenvalue weighted by atomic mass is 35.5. The van der Waals surface area contributed by atoms with E-state index in [1.807, 2.05) is 31.2 Å². The molecule has 0 aliphatic carbocycles. The van der Waals surface area contributed by atoms with Crippen molar-refractivity contribution in [3.05, 3.63) is 68.7 Å². The quantitative estimate of drug-likeness (QED) is 0.531. The van der Waals surface area contributed by atoms with Gasteiger partial charge in [-0.15, -0.1) is 0 Å². The summed E-state index contributed by atoms with van der Waals surface area (Å²) in [7, 11) is -3.51. The van der Waals surface area contributed by atoms with Gasteiger partial charge in [-0.2, -0.15) is 5.10 Å². The summed E-state index contributed by atoms with van der Waals surface area (Å²) in [6, 6.07) is 11.8. The topological polar surface area (TPSA) is 70.6 Å². The van der Waals surface area contributed by atoms with E-state index in [0.717, 1.165) is 12.0 Å². The zero-order valence-corrected chi connectivity index (χ0v) is 18.9. The molecule has 2 aromatic carbocycles. The maximum atomic E-state index is 12.6. The van der Waals surface area contributed by atoms with Crippen LogP contribution in [-0.4, -0.2) is 19.9 Å². The van der Waals surface area contributed by atoms with Gasteiger partial charge in [-0.1, -0.05) is 66.3 Å². The van der Waals surface area contributed by atoms with Gasteiger partial charge >= 0.3 is 0 Å². The molecule has 9 heteroatoms. The van der Waals surface area contributed by atoms with Gasteiger partial charge in [0, 0.05) is 21.5 Å². The highest BCUT2D eigenvalue weighted by Gasteiger charge is 2.31. The third-order valence-electron chi connectivity index (χ3n) is 4.72. The third kappa shape index (κ3) is 5.86. The third-order valence-corrected chi connectivity index (χ3v) is 6.96. The largest absolute Gasteiger partial charge is 0.302 e. The number of hydrazone groups is 1. The Hall–Kier alpha value is -1.31. The maximum absolute atomic E-state index is 12.6. The van der Waals surface area contributed by atoms with E-state index >= 15 is 0 Å². The smallest absolute Gasteiger partial charge is 0.212 e. The van der Waals surface area contributed by atoms with Crippen LogP contribution in [0.3, 0.4) is 0 Å². The molecule has 1 aliphatic rings. The van der Waals surface area contributed by atoms with Crippen LogP contribution in [0.5, 0.6) is 0 Å². The summed E-state index contributed by atoms with van der Waals surface area (Å²) in [5.74, 6) is 0.0481. The molecule has 3 rings (SSSR count). The Balaban J connectivity index is 1.88. The molecule has 0 fully saturated rings. The molecule has 0 aromatic heterocycles. The van der Waals surface area contributed by atoms with Gasteiger partial charge in [0.2, 0.25) is 10.0 Å². The number of hydrogen-bond donors (Lipinski definition) is 2. The molecule has 0 amide bonds. The summed E-state index contributed by atoms with van der Waals surface area (Å²) >= 11 is 18.4. The summed E-state index contributed by atoms with van der Waals surface area (Å²) in [6.07, 6.45) is 1.89. The SMILES string of the molecule is CCCCS(=O)(=O)NC(C1=NNC(c2ccc(Cl)cc2)C1)c1ccc(Cl)cc1Cl. The number of benzene rings is 2. The number of nitrogens with one attached hydrogen (secondary N) is 2. The van der Waals surface area contributed by atoms with Gasteiger partial charge in [0.05, 0.1) is 23.5 Å². The molecule has 0 bridgehead atoms. The van der Waals surface area contributed by atoms with Crippen LogP contribution in [-0.2, 0) is 10.0 Å². The molecule has 2 N–H and O–H groups in total. The van der Waals surface area contributed by atoms with E-state index in [1.54, 1.807) is 18.2 Å². The van der Waals surface area contributed by atoms with Crippen LogP contribution in [0.2, 0.25) is 15.1 Å². The molecule has 29 heavy (non-hydrogen) atoms. The lowest BCUT2D eigenvalue weighted by atomic mass is 9.96. The molecule has 1 aliphatic heterocycles. The highest BCUT2D eigenvalue weighted by molar-refractivity contribution is 7.89. The Morgan fingerprint density at radius 3 is 2.48 bits per heavy atom. The van der Waals surface area contributed by atoms with Crippen molar-refractivity contribution in [3.8, 4) is 0 Å². The minimum absolute atomic E-state index is 0.0481. The van der Waals surface area contributed by atoms with Crippen LogP contribution >= 0.6 is 34.8 Å². The van der Waals surface area contributed by atoms with Crippen molar-refractivity contribution in [3.63, 3.8) is 0 Å². The molecule has 2 atom stereocenters. The lowest BCUT2D eigenvalue weighted by molar-refractivity contribution is 0.573. The number of halogens is 3. The second-order valence-electron chi connectivity index (χ2n) is 6.93. The second kappa shape index (κ2) is 9.67. The molecule has 2 unspecified atom stereocenters. The maximum Gasteiger partial charge on any atom is 0.212 e. The molecule has 0 saturated carbocycles. The zero-order chi connectivity index (χ0) is 21.0. The number of sulfonamides is 1. The molecule has 0 radical (unpaired) electrons. The van der Waals surface area contributed by atoms with Crippen LogP contribution in [0.1, 0.15) is 49.4 Å². The predicted octanol–water partition coefficient (Wildman–Crippen LogP) is 5.50. The number of rotatable bonds is 8. The van der Waals surface area contributed by atoms with Gasteiger partial charge in [0.15, 0.2) is 0 Å². The minimum atomic E-state index is -3.51. The van der Waals surface area contributed by atoms with Gasteiger partial charge in [-0.3, -0.25) is 0 Å². The Kier molecular flexibility index (Phi) is 7.46. The Morgan fingerprint density at radius 1 is 1.14 bits per heavy atom. The van der Waals surface area contributed by atoms with Crippen molar-refractivity contribution < 1.29 is 8.42 Å². The van der Waals surface area contributed by atoms with Crippen molar-refractivity contribution in [1.29, 1.82) is 0 Å². The fraction of sp³-hybridized carbons (Fsp3) is 0.350. The Morgan fingerprint density at radius 2 is 1.83 bits per heavy atom. The van der Waals surface area contributed by atoms with Crippen LogP contribution in [0.15, 0.2) is 47.6 Å². The fourth-order valence-corrected chi connectivity index (χ4v) is 5.20. The molecule has 156 valence electrons. The average molecular weight is 475 g/mol. The molecule has 0 spiro atoms. The first-order chi connectivity index (χ1) is 13.8. The summed E-state index contributed by atoms with van der Waals surface area (Å²) in [6.45, 7) is 1.95. The van der Waals surface area contributed by atoms with Crippen LogP contribution in [0, 0.1) is 0 Å². The molecule has 0 saturated heterocycles. The Bertz CT molecular complexity index is 995. The summed E-state index contributed by atoms with van der Waals surface area (Å²) < 4.78 is 28.0. The monoisotopic (exact) mass is 473 g/mol. The van der Waals surface area contributed by atoms with Crippen LogP contribution < -0.4 is 10.1 Å². The first-order valence-corrected chi connectivity index (χ1v) is 12.1. The first kappa shape index (κ1) is 22.4. The number of hydrogen-bond acceptors (Lipinski definition) is 4. The van der Waals surface area contributed by atoms with E-state index in [0.29, 0.717) is 39.2 Å². The normalized spacial score (nSPS) is 17.7. The van der Waals surface area contributed by atoms with Crippen LogP contribution in [0.4, 0.5) is 0 Å². The van der Waals surface area contributed by atoms with Gasteiger partial charge in [0.1, 0.15) is 0 Å². The van der Waals surface area contributed by atoms with Crippen molar-refractivity contribution in [2.24, 2.45) is 5.10 Å². The molecule has 1 heterocycles. The van der Waals surface area contributed by atoms with Crippen molar-refractivity contribution in [2.75, 3.05) is 5.75 Å². The average Bonchev–Trinajstić information content (AvgIpc) is 3.15. The van der Waals surface area contributed by atoms with Gasteiger partial charge in [-0.25, -0.2) is 13.1 Å². The Labute approximate surface area is 186 Å².